The second-order valence-electron chi connectivity index (χ2n) is 26.8. The van der Waals surface area contributed by atoms with Crippen molar-refractivity contribution >= 4 is 39.5 Å². The van der Waals surface area contributed by atoms with Crippen LogP contribution in [0, 0.1) is 5.92 Å². The number of rotatable bonds is 73. The molecule has 0 spiro atoms. The van der Waals surface area contributed by atoms with E-state index in [-0.39, 0.29) is 25.7 Å². The lowest BCUT2D eigenvalue weighted by molar-refractivity contribution is -0.161. The molecule has 3 N–H and O–H groups in total. The fourth-order valence-electron chi connectivity index (χ4n) is 11.2. The molecule has 0 amide bonds. The molecule has 0 fully saturated rings. The quantitative estimate of drug-likeness (QED) is 0.0222. The van der Waals surface area contributed by atoms with Gasteiger partial charge < -0.3 is 33.8 Å². The molecule has 19 heteroatoms. The molecule has 0 aromatic rings. The summed E-state index contributed by atoms with van der Waals surface area (Å²) in [6.07, 6.45) is 53.9. The van der Waals surface area contributed by atoms with E-state index in [1.54, 1.807) is 0 Å². The number of aliphatic hydroxyl groups is 1. The number of carbonyl (C=O) groups excluding carboxylic acids is 4. The van der Waals surface area contributed by atoms with Crippen molar-refractivity contribution in [2.75, 3.05) is 39.6 Å². The summed E-state index contributed by atoms with van der Waals surface area (Å²) in [5, 5.41) is 10.6. The second-order valence-corrected chi connectivity index (χ2v) is 29.7. The van der Waals surface area contributed by atoms with E-state index in [2.05, 4.69) is 34.6 Å². The molecule has 0 saturated carbocycles. The Morgan fingerprint density at radius 1 is 0.293 bits per heavy atom. The van der Waals surface area contributed by atoms with Crippen LogP contribution in [0.4, 0.5) is 0 Å². The van der Waals surface area contributed by atoms with Crippen LogP contribution < -0.4 is 0 Å². The van der Waals surface area contributed by atoms with E-state index in [0.717, 1.165) is 95.8 Å². The van der Waals surface area contributed by atoms with Gasteiger partial charge in [0.05, 0.1) is 26.4 Å². The van der Waals surface area contributed by atoms with Gasteiger partial charge in [-0.05, 0) is 31.6 Å². The molecule has 0 rings (SSSR count). The Bertz CT molecular complexity index is 1770. The number of phosphoric acid groups is 2. The van der Waals surface area contributed by atoms with Crippen molar-refractivity contribution < 1.29 is 80.2 Å². The number of carbonyl (C=O) groups is 4. The van der Waals surface area contributed by atoms with Crippen LogP contribution in [0.25, 0.3) is 0 Å². The van der Waals surface area contributed by atoms with Gasteiger partial charge in [0.25, 0.3) is 0 Å². The van der Waals surface area contributed by atoms with Crippen LogP contribution >= 0.6 is 15.6 Å². The molecular weight excluding hydrogens is 1210 g/mol. The van der Waals surface area contributed by atoms with Crippen molar-refractivity contribution in [2.45, 2.75) is 400 Å². The molecular formula is C73H142O17P2. The highest BCUT2D eigenvalue weighted by Gasteiger charge is 2.30. The molecule has 92 heavy (non-hydrogen) atoms. The van der Waals surface area contributed by atoms with Gasteiger partial charge in [-0.3, -0.25) is 37.3 Å². The van der Waals surface area contributed by atoms with Crippen molar-refractivity contribution in [2.24, 2.45) is 5.92 Å². The maximum absolute atomic E-state index is 13.1. The molecule has 0 aliphatic carbocycles. The number of esters is 4. The third kappa shape index (κ3) is 66.7. The van der Waals surface area contributed by atoms with Crippen LogP contribution in [0.2, 0.25) is 0 Å². The molecule has 0 heterocycles. The van der Waals surface area contributed by atoms with Gasteiger partial charge in [0.2, 0.25) is 0 Å². The van der Waals surface area contributed by atoms with Gasteiger partial charge in [-0.25, -0.2) is 9.13 Å². The lowest BCUT2D eigenvalue weighted by Gasteiger charge is -2.21. The van der Waals surface area contributed by atoms with Crippen molar-refractivity contribution in [1.82, 2.24) is 0 Å². The average molecular weight is 1350 g/mol. The van der Waals surface area contributed by atoms with E-state index in [9.17, 15) is 43.2 Å². The van der Waals surface area contributed by atoms with Gasteiger partial charge in [0.15, 0.2) is 12.2 Å². The molecule has 0 aliphatic rings. The molecule has 17 nitrogen and oxygen atoms in total. The molecule has 546 valence electrons. The van der Waals surface area contributed by atoms with E-state index >= 15 is 0 Å². The third-order valence-corrected chi connectivity index (χ3v) is 18.9. The molecule has 0 bridgehead atoms. The number of hydrogen-bond acceptors (Lipinski definition) is 15. The van der Waals surface area contributed by atoms with Crippen LogP contribution in [-0.4, -0.2) is 96.7 Å². The Kier molecular flexibility index (Phi) is 64.9. The zero-order valence-corrected chi connectivity index (χ0v) is 61.5. The fourth-order valence-corrected chi connectivity index (χ4v) is 12.8. The monoisotopic (exact) mass is 1350 g/mol. The van der Waals surface area contributed by atoms with Gasteiger partial charge >= 0.3 is 39.5 Å². The van der Waals surface area contributed by atoms with Crippen molar-refractivity contribution in [3.05, 3.63) is 0 Å². The topological polar surface area (TPSA) is 237 Å². The summed E-state index contributed by atoms with van der Waals surface area (Å²) in [7, 11) is -9.90. The summed E-state index contributed by atoms with van der Waals surface area (Å²) >= 11 is 0. The molecule has 2 unspecified atom stereocenters. The predicted molar refractivity (Wildman–Crippen MR) is 372 cm³/mol. The molecule has 0 saturated heterocycles. The number of aliphatic hydroxyl groups excluding tert-OH is 1. The summed E-state index contributed by atoms with van der Waals surface area (Å²) in [5.41, 5.74) is 0. The maximum Gasteiger partial charge on any atom is 0.472 e. The first-order valence-electron chi connectivity index (χ1n) is 38.1. The summed E-state index contributed by atoms with van der Waals surface area (Å²) in [4.78, 5) is 72.6. The molecule has 0 aromatic heterocycles. The van der Waals surface area contributed by atoms with Crippen LogP contribution in [-0.2, 0) is 65.4 Å². The zero-order valence-electron chi connectivity index (χ0n) is 59.7. The van der Waals surface area contributed by atoms with E-state index in [4.69, 9.17) is 37.0 Å². The van der Waals surface area contributed by atoms with Crippen molar-refractivity contribution in [1.29, 1.82) is 0 Å². The Morgan fingerprint density at radius 2 is 0.500 bits per heavy atom. The Labute approximate surface area is 562 Å². The van der Waals surface area contributed by atoms with Crippen LogP contribution in [0.1, 0.15) is 381 Å². The number of unbranched alkanes of at least 4 members (excludes halogenated alkanes) is 45. The normalized spacial score (nSPS) is 14.0. The highest BCUT2D eigenvalue weighted by atomic mass is 31.2. The Balaban J connectivity index is 5.23. The van der Waals surface area contributed by atoms with Gasteiger partial charge in [0, 0.05) is 25.7 Å². The minimum Gasteiger partial charge on any atom is -0.462 e. The molecule has 0 aliphatic heterocycles. The standard InChI is InChI=1S/C73H142O17P2/c1-6-9-12-15-18-21-24-25-29-33-37-42-47-52-57-71(76)84-63-69(90-73(78)59-54-49-44-39-34-30-27-26-28-32-35-40-45-50-55-66(4)5)65-88-92(81,82)86-61-67(74)60-85-91(79,80)87-64-68(62-83-70(75)56-51-46-41-36-23-20-17-14-11-8-3)89-72(77)58-53-48-43-38-31-22-19-16-13-10-7-2/h66-69,74H,6-65H2,1-5H3,(H,79,80)(H,81,82)/t67-,68+,69+/m0/s1. The molecule has 0 aromatic carbocycles. The average Bonchev–Trinajstić information content (AvgIpc) is 2.52. The maximum atomic E-state index is 13.1. The van der Waals surface area contributed by atoms with Gasteiger partial charge in [0.1, 0.15) is 19.3 Å². The van der Waals surface area contributed by atoms with Gasteiger partial charge in [-0.15, -0.1) is 0 Å². The summed E-state index contributed by atoms with van der Waals surface area (Å²) in [6, 6.07) is 0. The smallest absolute Gasteiger partial charge is 0.462 e. The summed E-state index contributed by atoms with van der Waals surface area (Å²) < 4.78 is 68.4. The number of phosphoric ester groups is 2. The minimum absolute atomic E-state index is 0.107. The molecule has 5 atom stereocenters. The highest BCUT2D eigenvalue weighted by molar-refractivity contribution is 7.47. The third-order valence-electron chi connectivity index (χ3n) is 17.0. The predicted octanol–water partition coefficient (Wildman–Crippen LogP) is 21.3. The van der Waals surface area contributed by atoms with Crippen LogP contribution in [0.5, 0.6) is 0 Å². The number of hydrogen-bond donors (Lipinski definition) is 3. The first-order chi connectivity index (χ1) is 44.5. The van der Waals surface area contributed by atoms with Gasteiger partial charge in [-0.2, -0.15) is 0 Å². The SMILES string of the molecule is CCCCCCCCCCCCCCCCC(=O)OC[C@H](COP(=O)(O)OC[C@@H](O)COP(=O)(O)OC[C@@H](COC(=O)CCCCCCCCCCCC)OC(=O)CCCCCCCCCCCCC)OC(=O)CCCCCCCCCCCCCCCCC(C)C. The van der Waals surface area contributed by atoms with Crippen LogP contribution in [0.15, 0.2) is 0 Å². The Hall–Kier alpha value is -1.94. The second kappa shape index (κ2) is 66.3. The highest BCUT2D eigenvalue weighted by Crippen LogP contribution is 2.45. The van der Waals surface area contributed by atoms with E-state index in [1.165, 1.54) is 205 Å². The number of ether oxygens (including phenoxy) is 4. The van der Waals surface area contributed by atoms with Crippen molar-refractivity contribution in [3.8, 4) is 0 Å². The first-order valence-corrected chi connectivity index (χ1v) is 41.1. The largest absolute Gasteiger partial charge is 0.472 e. The van der Waals surface area contributed by atoms with E-state index < -0.39 is 97.5 Å². The van der Waals surface area contributed by atoms with E-state index in [1.807, 2.05) is 0 Å². The lowest BCUT2D eigenvalue weighted by Crippen LogP contribution is -2.30. The minimum atomic E-state index is -4.95. The van der Waals surface area contributed by atoms with E-state index in [0.29, 0.717) is 25.7 Å². The lowest BCUT2D eigenvalue weighted by atomic mass is 10.0. The zero-order chi connectivity index (χ0) is 67.7. The van der Waals surface area contributed by atoms with Gasteiger partial charge in [-0.1, -0.05) is 330 Å². The van der Waals surface area contributed by atoms with Crippen molar-refractivity contribution in [3.63, 3.8) is 0 Å². The first kappa shape index (κ1) is 90.1. The molecule has 0 radical (unpaired) electrons. The Morgan fingerprint density at radius 3 is 0.739 bits per heavy atom. The summed E-state index contributed by atoms with van der Waals surface area (Å²) in [5.74, 6) is -1.32. The summed E-state index contributed by atoms with van der Waals surface area (Å²) in [6.45, 7) is 7.29. The van der Waals surface area contributed by atoms with Crippen LogP contribution in [0.3, 0.4) is 0 Å². The fraction of sp³-hybridized carbons (Fsp3) is 0.945.